The van der Waals surface area contributed by atoms with Crippen molar-refractivity contribution in [2.75, 3.05) is 42.5 Å². The third-order valence-electron chi connectivity index (χ3n) is 5.15. The summed E-state index contributed by atoms with van der Waals surface area (Å²) in [6.45, 7) is 0. The van der Waals surface area contributed by atoms with Crippen molar-refractivity contribution in [3.63, 3.8) is 0 Å². The molecule has 0 saturated carbocycles. The van der Waals surface area contributed by atoms with Crippen LogP contribution in [0.25, 0.3) is 0 Å². The van der Waals surface area contributed by atoms with Crippen LogP contribution in [0, 0.1) is 22.9 Å². The van der Waals surface area contributed by atoms with E-state index in [4.69, 9.17) is 43.4 Å². The van der Waals surface area contributed by atoms with Gasteiger partial charge in [-0.1, -0.05) is 24.4 Å². The number of hydrogen-bond acceptors (Lipinski definition) is 10. The van der Waals surface area contributed by atoms with Crippen molar-refractivity contribution >= 4 is 46.1 Å². The van der Waals surface area contributed by atoms with Crippen molar-refractivity contribution in [1.29, 1.82) is 10.5 Å². The minimum atomic E-state index is 0.128. The first kappa shape index (κ1) is 30.6. The summed E-state index contributed by atoms with van der Waals surface area (Å²) in [5, 5.41) is 21.6. The molecule has 0 bridgehead atoms. The number of methoxy groups -OCH3 is 4. The number of benzene rings is 2. The zero-order valence-electron chi connectivity index (χ0n) is 22.3. The van der Waals surface area contributed by atoms with E-state index in [9.17, 15) is 10.5 Å². The molecular weight excluding hydrogens is 540 g/mol. The number of thiocarbonyl (C=S) groups is 2. The quantitative estimate of drug-likeness (QED) is 0.159. The summed E-state index contributed by atoms with van der Waals surface area (Å²) in [6.07, 6.45) is 3.72. The molecule has 0 aliphatic rings. The van der Waals surface area contributed by atoms with Gasteiger partial charge < -0.3 is 18.9 Å². The fourth-order valence-electron chi connectivity index (χ4n) is 3.41. The number of nitrogens with zero attached hydrogens (tertiary/aromatic N) is 6. The van der Waals surface area contributed by atoms with Crippen LogP contribution >= 0.6 is 24.4 Å². The highest BCUT2D eigenvalue weighted by molar-refractivity contribution is 7.82. The third kappa shape index (κ3) is 8.16. The van der Waals surface area contributed by atoms with E-state index >= 15 is 0 Å². The van der Waals surface area contributed by atoms with Crippen LogP contribution in [0.2, 0.25) is 0 Å². The SMILES string of the molecule is COc1ccc(OC)c(C(=NC#N)N(C)NC(=S)CC(=S)NN(C)C(=NC#N)c2cc(OC)ccc2OC)c1. The Morgan fingerprint density at radius 2 is 1.13 bits per heavy atom. The summed E-state index contributed by atoms with van der Waals surface area (Å²) in [6, 6.07) is 10.3. The molecule has 0 aliphatic carbocycles. The molecule has 2 N–H and O–H groups in total. The summed E-state index contributed by atoms with van der Waals surface area (Å²) in [4.78, 5) is 8.52. The van der Waals surface area contributed by atoms with Crippen molar-refractivity contribution in [3.8, 4) is 35.4 Å². The fourth-order valence-corrected chi connectivity index (χ4v) is 4.06. The van der Waals surface area contributed by atoms with E-state index < -0.39 is 0 Å². The first-order chi connectivity index (χ1) is 18.7. The van der Waals surface area contributed by atoms with Crippen molar-refractivity contribution in [2.24, 2.45) is 9.98 Å². The minimum Gasteiger partial charge on any atom is -0.497 e. The van der Waals surface area contributed by atoms with Gasteiger partial charge >= 0.3 is 0 Å². The van der Waals surface area contributed by atoms with Gasteiger partial charge in [0.25, 0.3) is 0 Å². The second kappa shape index (κ2) is 14.9. The minimum absolute atomic E-state index is 0.128. The predicted molar refractivity (Wildman–Crippen MR) is 155 cm³/mol. The van der Waals surface area contributed by atoms with Gasteiger partial charge in [0, 0.05) is 14.1 Å². The molecule has 0 amide bonds. The number of amidine groups is 2. The third-order valence-corrected chi connectivity index (χ3v) is 5.62. The molecule has 12 nitrogen and oxygen atoms in total. The molecule has 0 fully saturated rings. The maximum Gasteiger partial charge on any atom is 0.207 e. The van der Waals surface area contributed by atoms with Gasteiger partial charge in [-0.25, -0.2) is 0 Å². The van der Waals surface area contributed by atoms with Gasteiger partial charge in [0.1, 0.15) is 33.0 Å². The van der Waals surface area contributed by atoms with Crippen LogP contribution in [-0.2, 0) is 0 Å². The number of aliphatic imine (C=N–C) groups is 2. The zero-order valence-corrected chi connectivity index (χ0v) is 23.9. The van der Waals surface area contributed by atoms with Crippen LogP contribution < -0.4 is 29.8 Å². The van der Waals surface area contributed by atoms with Crippen LogP contribution in [0.5, 0.6) is 23.0 Å². The Labute approximate surface area is 238 Å². The number of nitriles is 2. The highest BCUT2D eigenvalue weighted by Gasteiger charge is 2.20. The molecule has 2 aromatic carbocycles. The van der Waals surface area contributed by atoms with E-state index in [1.54, 1.807) is 62.9 Å². The normalized spacial score (nSPS) is 10.9. The van der Waals surface area contributed by atoms with Gasteiger partial charge in [0.15, 0.2) is 11.7 Å². The first-order valence-corrected chi connectivity index (χ1v) is 12.0. The molecule has 2 rings (SSSR count). The molecule has 0 aromatic heterocycles. The monoisotopic (exact) mass is 568 g/mol. The standard InChI is InChI=1S/C25H28N8O4S2/c1-32(24(28-14-26)18-11-16(34-3)7-9-20(18)36-5)30-22(38)13-23(39)31-33(2)25(29-15-27)19-12-17(35-4)8-10-21(19)37-6/h7-12H,13H2,1-6H3,(H,30,38)(H,31,39). The van der Waals surface area contributed by atoms with Crippen LogP contribution in [0.15, 0.2) is 46.4 Å². The number of hydrazine groups is 2. The topological polar surface area (TPSA) is 140 Å². The molecule has 39 heavy (non-hydrogen) atoms. The van der Waals surface area contributed by atoms with E-state index in [2.05, 4.69) is 20.8 Å². The lowest BCUT2D eigenvalue weighted by Crippen LogP contribution is -2.47. The maximum atomic E-state index is 9.29. The van der Waals surface area contributed by atoms with E-state index in [1.807, 2.05) is 0 Å². The number of rotatable bonds is 8. The molecule has 14 heteroatoms. The fraction of sp³-hybridized carbons (Fsp3) is 0.280. The Kier molecular flexibility index (Phi) is 11.7. The second-order valence-corrected chi connectivity index (χ2v) is 8.55. The Morgan fingerprint density at radius 1 is 0.744 bits per heavy atom. The lowest BCUT2D eigenvalue weighted by Gasteiger charge is -2.26. The van der Waals surface area contributed by atoms with Crippen LogP contribution in [0.3, 0.4) is 0 Å². The zero-order chi connectivity index (χ0) is 28.9. The summed E-state index contributed by atoms with van der Waals surface area (Å²) in [5.41, 5.74) is 7.02. The summed E-state index contributed by atoms with van der Waals surface area (Å²) in [7, 11) is 9.39. The van der Waals surface area contributed by atoms with Crippen LogP contribution in [0.4, 0.5) is 0 Å². The highest BCUT2D eigenvalue weighted by atomic mass is 32.1. The average Bonchev–Trinajstić information content (AvgIpc) is 2.93. The lowest BCUT2D eigenvalue weighted by atomic mass is 10.1. The van der Waals surface area contributed by atoms with E-state index in [0.717, 1.165) is 0 Å². The van der Waals surface area contributed by atoms with Crippen molar-refractivity contribution in [3.05, 3.63) is 47.5 Å². The van der Waals surface area contributed by atoms with Gasteiger partial charge in [-0.15, -0.1) is 0 Å². The van der Waals surface area contributed by atoms with E-state index in [-0.39, 0.29) is 18.1 Å². The molecule has 0 radical (unpaired) electrons. The van der Waals surface area contributed by atoms with Crippen molar-refractivity contribution in [1.82, 2.24) is 20.9 Å². The average molecular weight is 569 g/mol. The Bertz CT molecular complexity index is 1250. The smallest absolute Gasteiger partial charge is 0.207 e. The van der Waals surface area contributed by atoms with Gasteiger partial charge in [0.2, 0.25) is 12.4 Å². The Balaban J connectivity index is 2.17. The number of hydrogen-bond donors (Lipinski definition) is 2. The second-order valence-electron chi connectivity index (χ2n) is 7.57. The summed E-state index contributed by atoms with van der Waals surface area (Å²) >= 11 is 11.0. The predicted octanol–water partition coefficient (Wildman–Crippen LogP) is 2.79. The molecule has 0 atom stereocenters. The van der Waals surface area contributed by atoms with Crippen LogP contribution in [0.1, 0.15) is 17.5 Å². The molecule has 204 valence electrons. The van der Waals surface area contributed by atoms with Crippen molar-refractivity contribution < 1.29 is 18.9 Å². The summed E-state index contributed by atoms with van der Waals surface area (Å²) in [5.74, 6) is 2.59. The largest absolute Gasteiger partial charge is 0.497 e. The molecule has 0 unspecified atom stereocenters. The van der Waals surface area contributed by atoms with Crippen molar-refractivity contribution in [2.45, 2.75) is 6.42 Å². The van der Waals surface area contributed by atoms with Gasteiger partial charge in [-0.05, 0) is 36.4 Å². The first-order valence-electron chi connectivity index (χ1n) is 11.2. The van der Waals surface area contributed by atoms with Gasteiger partial charge in [0.05, 0.1) is 46.0 Å². The Hall–Kier alpha value is -4.66. The summed E-state index contributed by atoms with van der Waals surface area (Å²) < 4.78 is 21.4. The van der Waals surface area contributed by atoms with Gasteiger partial charge in [-0.3, -0.25) is 20.9 Å². The molecule has 0 spiro atoms. The number of ether oxygens (including phenoxy) is 4. The lowest BCUT2D eigenvalue weighted by molar-refractivity contribution is 0.398. The Morgan fingerprint density at radius 3 is 1.44 bits per heavy atom. The molecule has 0 heterocycles. The van der Waals surface area contributed by atoms with Crippen LogP contribution in [-0.4, -0.2) is 74.2 Å². The molecule has 0 saturated heterocycles. The number of nitrogens with one attached hydrogen (secondary N) is 2. The maximum absolute atomic E-state index is 9.29. The highest BCUT2D eigenvalue weighted by Crippen LogP contribution is 2.26. The molecular formula is C25H28N8O4S2. The van der Waals surface area contributed by atoms with Gasteiger partial charge in [-0.2, -0.15) is 20.5 Å². The van der Waals surface area contributed by atoms with E-state index in [0.29, 0.717) is 44.1 Å². The molecule has 2 aromatic rings. The van der Waals surface area contributed by atoms with E-state index in [1.165, 1.54) is 38.5 Å². The molecule has 0 aliphatic heterocycles.